The molecule has 0 aromatic heterocycles. The minimum Gasteiger partial charge on any atom is -0.330 e. The van der Waals surface area contributed by atoms with E-state index in [1.165, 1.54) is 6.07 Å². The van der Waals surface area contributed by atoms with Gasteiger partial charge in [0.15, 0.2) is 0 Å². The fraction of sp³-hybridized carbons (Fsp3) is 0.500. The number of halogens is 1. The van der Waals surface area contributed by atoms with Crippen molar-refractivity contribution in [2.24, 2.45) is 17.6 Å². The zero-order valence-electron chi connectivity index (χ0n) is 11.9. The predicted molar refractivity (Wildman–Crippen MR) is 83.6 cm³/mol. The van der Waals surface area contributed by atoms with Gasteiger partial charge in [-0.15, -0.1) is 12.4 Å². The number of nitrogens with zero attached hydrogens (tertiary/aromatic N) is 1. The van der Waals surface area contributed by atoms with Crippen LogP contribution < -0.4 is 11.1 Å². The van der Waals surface area contributed by atoms with E-state index < -0.39 is 4.92 Å². The Morgan fingerprint density at radius 2 is 2.19 bits per heavy atom. The van der Waals surface area contributed by atoms with Crippen molar-refractivity contribution < 1.29 is 9.72 Å². The molecule has 116 valence electrons. The third-order valence-corrected chi connectivity index (χ3v) is 3.97. The lowest BCUT2D eigenvalue weighted by molar-refractivity contribution is -0.385. The van der Waals surface area contributed by atoms with E-state index in [0.717, 1.165) is 19.3 Å². The van der Waals surface area contributed by atoms with Crippen LogP contribution in [0.3, 0.4) is 0 Å². The van der Waals surface area contributed by atoms with E-state index in [-0.39, 0.29) is 35.8 Å². The van der Waals surface area contributed by atoms with Gasteiger partial charge in [-0.3, -0.25) is 14.9 Å². The van der Waals surface area contributed by atoms with E-state index >= 15 is 0 Å². The molecule has 1 fully saturated rings. The van der Waals surface area contributed by atoms with Gasteiger partial charge in [-0.25, -0.2) is 0 Å². The molecule has 2 atom stereocenters. The highest BCUT2D eigenvalue weighted by atomic mass is 35.5. The van der Waals surface area contributed by atoms with E-state index in [2.05, 4.69) is 5.32 Å². The number of amides is 1. The summed E-state index contributed by atoms with van der Waals surface area (Å²) < 4.78 is 0. The lowest BCUT2D eigenvalue weighted by Crippen LogP contribution is -2.29. The molecular formula is C14H20ClN3O3. The van der Waals surface area contributed by atoms with Crippen molar-refractivity contribution in [2.75, 3.05) is 11.9 Å². The maximum absolute atomic E-state index is 12.2. The molecule has 1 aromatic rings. The normalized spacial score (nSPS) is 20.7. The molecule has 0 heterocycles. The van der Waals surface area contributed by atoms with E-state index in [1.807, 2.05) is 0 Å². The average Bonchev–Trinajstić information content (AvgIpc) is 2.89. The SMILES string of the molecule is Cc1ccc(NC(=O)[C@@H]2CCC[C@@H]2CN)cc1[N+](=O)[O-].Cl. The molecule has 1 saturated carbocycles. The van der Waals surface area contributed by atoms with Gasteiger partial charge in [-0.2, -0.15) is 0 Å². The molecule has 0 aliphatic heterocycles. The Hall–Kier alpha value is -1.66. The molecule has 21 heavy (non-hydrogen) atoms. The number of anilines is 1. The van der Waals surface area contributed by atoms with Crippen LogP contribution in [0.4, 0.5) is 11.4 Å². The number of benzene rings is 1. The number of nitro groups is 1. The maximum Gasteiger partial charge on any atom is 0.274 e. The number of hydrogen-bond donors (Lipinski definition) is 2. The Morgan fingerprint density at radius 3 is 2.81 bits per heavy atom. The topological polar surface area (TPSA) is 98.3 Å². The number of nitrogens with one attached hydrogen (secondary N) is 1. The second-order valence-electron chi connectivity index (χ2n) is 5.28. The van der Waals surface area contributed by atoms with Gasteiger partial charge in [0, 0.05) is 23.2 Å². The zero-order valence-corrected chi connectivity index (χ0v) is 12.7. The van der Waals surface area contributed by atoms with Gasteiger partial charge >= 0.3 is 0 Å². The van der Waals surface area contributed by atoms with Crippen LogP contribution in [0.1, 0.15) is 24.8 Å². The van der Waals surface area contributed by atoms with Crippen LogP contribution in [0.5, 0.6) is 0 Å². The number of nitrogens with two attached hydrogens (primary N) is 1. The maximum atomic E-state index is 12.2. The molecule has 1 aliphatic carbocycles. The van der Waals surface area contributed by atoms with Crippen LogP contribution in [-0.2, 0) is 4.79 Å². The van der Waals surface area contributed by atoms with Crippen LogP contribution in [0.15, 0.2) is 18.2 Å². The van der Waals surface area contributed by atoms with Crippen molar-refractivity contribution in [3.63, 3.8) is 0 Å². The molecule has 7 heteroatoms. The quantitative estimate of drug-likeness (QED) is 0.659. The lowest BCUT2D eigenvalue weighted by atomic mass is 9.95. The van der Waals surface area contributed by atoms with Gasteiger partial charge in [0.2, 0.25) is 5.91 Å². The first-order valence-corrected chi connectivity index (χ1v) is 6.79. The number of carbonyl (C=O) groups excluding carboxylic acids is 1. The molecule has 1 amide bonds. The van der Waals surface area contributed by atoms with Crippen LogP contribution in [0, 0.1) is 28.9 Å². The number of carbonyl (C=O) groups is 1. The molecule has 0 saturated heterocycles. The van der Waals surface area contributed by atoms with E-state index in [9.17, 15) is 14.9 Å². The smallest absolute Gasteiger partial charge is 0.274 e. The van der Waals surface area contributed by atoms with Crippen LogP contribution in [-0.4, -0.2) is 17.4 Å². The summed E-state index contributed by atoms with van der Waals surface area (Å²) in [6.07, 6.45) is 2.82. The highest BCUT2D eigenvalue weighted by Gasteiger charge is 2.32. The van der Waals surface area contributed by atoms with Gasteiger partial charge < -0.3 is 11.1 Å². The van der Waals surface area contributed by atoms with Crippen molar-refractivity contribution in [3.8, 4) is 0 Å². The zero-order chi connectivity index (χ0) is 14.7. The average molecular weight is 314 g/mol. The number of rotatable bonds is 4. The van der Waals surface area contributed by atoms with Crippen molar-refractivity contribution >= 4 is 29.7 Å². The molecule has 0 bridgehead atoms. The summed E-state index contributed by atoms with van der Waals surface area (Å²) in [7, 11) is 0. The van der Waals surface area contributed by atoms with Crippen LogP contribution >= 0.6 is 12.4 Å². The summed E-state index contributed by atoms with van der Waals surface area (Å²) in [6.45, 7) is 2.18. The van der Waals surface area contributed by atoms with Gasteiger partial charge in [0.05, 0.1) is 4.92 Å². The number of nitro benzene ring substituents is 1. The van der Waals surface area contributed by atoms with E-state index in [1.54, 1.807) is 19.1 Å². The highest BCUT2D eigenvalue weighted by molar-refractivity contribution is 5.93. The second-order valence-corrected chi connectivity index (χ2v) is 5.28. The van der Waals surface area contributed by atoms with Crippen molar-refractivity contribution in [3.05, 3.63) is 33.9 Å². The third-order valence-electron chi connectivity index (χ3n) is 3.97. The molecule has 2 rings (SSSR count). The number of aryl methyl sites for hydroxylation is 1. The minimum absolute atomic E-state index is 0. The van der Waals surface area contributed by atoms with Crippen LogP contribution in [0.25, 0.3) is 0 Å². The summed E-state index contributed by atoms with van der Waals surface area (Å²) in [4.78, 5) is 22.7. The molecule has 0 radical (unpaired) electrons. The molecule has 3 N–H and O–H groups in total. The Kier molecular flexibility index (Phi) is 6.11. The van der Waals surface area contributed by atoms with Crippen LogP contribution in [0.2, 0.25) is 0 Å². The lowest BCUT2D eigenvalue weighted by Gasteiger charge is -2.17. The third kappa shape index (κ3) is 3.92. The van der Waals surface area contributed by atoms with E-state index in [0.29, 0.717) is 17.8 Å². The highest BCUT2D eigenvalue weighted by Crippen LogP contribution is 2.32. The molecule has 0 spiro atoms. The predicted octanol–water partition coefficient (Wildman–Crippen LogP) is 2.64. The Labute approximate surface area is 129 Å². The summed E-state index contributed by atoms with van der Waals surface area (Å²) in [5.74, 6) is 0.0481. The fourth-order valence-corrected chi connectivity index (χ4v) is 2.78. The molecular weight excluding hydrogens is 294 g/mol. The summed E-state index contributed by atoms with van der Waals surface area (Å²) in [5, 5.41) is 13.7. The monoisotopic (exact) mass is 313 g/mol. The molecule has 1 aliphatic rings. The molecule has 1 aromatic carbocycles. The summed E-state index contributed by atoms with van der Waals surface area (Å²) in [5.41, 5.74) is 6.73. The number of hydrogen-bond acceptors (Lipinski definition) is 4. The first kappa shape index (κ1) is 17.4. The van der Waals surface area contributed by atoms with Crippen molar-refractivity contribution in [2.45, 2.75) is 26.2 Å². The van der Waals surface area contributed by atoms with E-state index in [4.69, 9.17) is 5.73 Å². The first-order valence-electron chi connectivity index (χ1n) is 6.79. The van der Waals surface area contributed by atoms with Gasteiger partial charge in [-0.1, -0.05) is 12.5 Å². The molecule has 6 nitrogen and oxygen atoms in total. The van der Waals surface area contributed by atoms with Crippen molar-refractivity contribution in [1.82, 2.24) is 0 Å². The molecule has 0 unspecified atom stereocenters. The standard InChI is InChI=1S/C14H19N3O3.ClH/c1-9-5-6-11(7-13(9)17(19)20)16-14(18)12-4-2-3-10(12)8-15;/h5-7,10,12H,2-4,8,15H2,1H3,(H,16,18);1H/t10-,12-;/m1./s1. The Bertz CT molecular complexity index is 536. The fourth-order valence-electron chi connectivity index (χ4n) is 2.78. The first-order chi connectivity index (χ1) is 9.52. The van der Waals surface area contributed by atoms with Gasteiger partial charge in [-0.05, 0) is 38.3 Å². The van der Waals surface area contributed by atoms with Gasteiger partial charge in [0.25, 0.3) is 5.69 Å². The second kappa shape index (κ2) is 7.38. The summed E-state index contributed by atoms with van der Waals surface area (Å²) in [6, 6.07) is 4.73. The van der Waals surface area contributed by atoms with Crippen molar-refractivity contribution in [1.29, 1.82) is 0 Å². The Balaban J connectivity index is 0.00000220. The van der Waals surface area contributed by atoms with Gasteiger partial charge in [0.1, 0.15) is 0 Å². The largest absolute Gasteiger partial charge is 0.330 e. The Morgan fingerprint density at radius 1 is 1.48 bits per heavy atom. The minimum atomic E-state index is -0.441. The summed E-state index contributed by atoms with van der Waals surface area (Å²) >= 11 is 0.